The number of rotatable bonds is 6. The minimum absolute atomic E-state index is 0.0654. The molecule has 1 saturated carbocycles. The third kappa shape index (κ3) is 5.33. The molecule has 0 aromatic heterocycles. The number of likely N-dealkylation sites (N-methyl/N-ethyl adjacent to an activating group) is 1. The van der Waals surface area contributed by atoms with Gasteiger partial charge >= 0.3 is 0 Å². The van der Waals surface area contributed by atoms with Crippen LogP contribution in [0.1, 0.15) is 32.6 Å². The first-order chi connectivity index (χ1) is 8.52. The largest absolute Gasteiger partial charge is 0.383 e. The highest BCUT2D eigenvalue weighted by Gasteiger charge is 2.23. The molecule has 1 atom stereocenters. The van der Waals surface area contributed by atoms with Gasteiger partial charge in [-0.05, 0) is 39.7 Å². The smallest absolute Gasteiger partial charge is 0.234 e. The topological polar surface area (TPSA) is 67.6 Å². The van der Waals surface area contributed by atoms with E-state index in [4.69, 9.17) is 10.5 Å². The minimum atomic E-state index is 0.0654. The second-order valence-corrected chi connectivity index (χ2v) is 5.41. The highest BCUT2D eigenvalue weighted by molar-refractivity contribution is 5.78. The van der Waals surface area contributed by atoms with E-state index in [1.54, 1.807) is 7.11 Å². The van der Waals surface area contributed by atoms with Gasteiger partial charge in [0, 0.05) is 25.2 Å². The SMILES string of the molecule is COCC(C)NC(=O)CN(C)C1CCC(N)CC1. The molecular weight excluding hydrogens is 230 g/mol. The molecule has 0 aromatic rings. The Hall–Kier alpha value is -0.650. The summed E-state index contributed by atoms with van der Waals surface area (Å²) in [6.45, 7) is 2.95. The highest BCUT2D eigenvalue weighted by Crippen LogP contribution is 2.20. The number of nitrogens with two attached hydrogens (primary N) is 1. The Labute approximate surface area is 110 Å². The third-order valence-electron chi connectivity index (χ3n) is 3.58. The van der Waals surface area contributed by atoms with Crippen LogP contribution in [0.4, 0.5) is 0 Å². The van der Waals surface area contributed by atoms with Gasteiger partial charge in [-0.25, -0.2) is 0 Å². The number of methoxy groups -OCH3 is 1. The quantitative estimate of drug-likeness (QED) is 0.720. The fourth-order valence-corrected chi connectivity index (χ4v) is 2.51. The number of carbonyl (C=O) groups excluding carboxylic acids is 1. The molecule has 0 aliphatic heterocycles. The van der Waals surface area contributed by atoms with Crippen molar-refractivity contribution in [2.45, 2.75) is 50.7 Å². The first-order valence-corrected chi connectivity index (χ1v) is 6.77. The van der Waals surface area contributed by atoms with Crippen LogP contribution < -0.4 is 11.1 Å². The Morgan fingerprint density at radius 2 is 2.06 bits per heavy atom. The Bertz CT molecular complexity index is 253. The molecule has 1 rings (SSSR count). The first kappa shape index (κ1) is 15.4. The van der Waals surface area contributed by atoms with Crippen molar-refractivity contribution in [2.75, 3.05) is 27.3 Å². The van der Waals surface area contributed by atoms with E-state index in [-0.39, 0.29) is 11.9 Å². The van der Waals surface area contributed by atoms with Crippen molar-refractivity contribution < 1.29 is 9.53 Å². The van der Waals surface area contributed by atoms with Crippen LogP contribution in [0.25, 0.3) is 0 Å². The maximum atomic E-state index is 11.8. The van der Waals surface area contributed by atoms with E-state index >= 15 is 0 Å². The van der Waals surface area contributed by atoms with Crippen LogP contribution >= 0.6 is 0 Å². The lowest BCUT2D eigenvalue weighted by Gasteiger charge is -2.33. The Kier molecular flexibility index (Phi) is 6.60. The van der Waals surface area contributed by atoms with E-state index in [1.807, 2.05) is 14.0 Å². The summed E-state index contributed by atoms with van der Waals surface area (Å²) in [4.78, 5) is 14.0. The predicted octanol–water partition coefficient (Wildman–Crippen LogP) is 0.339. The number of amides is 1. The fourth-order valence-electron chi connectivity index (χ4n) is 2.51. The van der Waals surface area contributed by atoms with Crippen molar-refractivity contribution in [3.05, 3.63) is 0 Å². The average Bonchev–Trinajstić information content (AvgIpc) is 2.29. The number of hydrogen-bond acceptors (Lipinski definition) is 4. The van der Waals surface area contributed by atoms with E-state index in [9.17, 15) is 4.79 Å². The van der Waals surface area contributed by atoms with E-state index < -0.39 is 0 Å². The molecule has 5 heteroatoms. The van der Waals surface area contributed by atoms with Gasteiger partial charge in [0.15, 0.2) is 0 Å². The lowest BCUT2D eigenvalue weighted by atomic mass is 9.91. The maximum Gasteiger partial charge on any atom is 0.234 e. The molecule has 0 aromatic carbocycles. The van der Waals surface area contributed by atoms with Gasteiger partial charge in [-0.2, -0.15) is 0 Å². The second kappa shape index (κ2) is 7.71. The van der Waals surface area contributed by atoms with Gasteiger partial charge in [0.2, 0.25) is 5.91 Å². The lowest BCUT2D eigenvalue weighted by Crippen LogP contribution is -2.46. The highest BCUT2D eigenvalue weighted by atomic mass is 16.5. The number of carbonyl (C=O) groups is 1. The number of nitrogens with zero attached hydrogens (tertiary/aromatic N) is 1. The molecular formula is C13H27N3O2. The number of nitrogens with one attached hydrogen (secondary N) is 1. The van der Waals surface area contributed by atoms with E-state index in [0.717, 1.165) is 25.7 Å². The molecule has 1 aliphatic rings. The lowest BCUT2D eigenvalue weighted by molar-refractivity contribution is -0.123. The predicted molar refractivity (Wildman–Crippen MR) is 72.3 cm³/mol. The molecule has 3 N–H and O–H groups in total. The summed E-state index contributed by atoms with van der Waals surface area (Å²) in [5, 5.41) is 2.93. The molecule has 1 unspecified atom stereocenters. The molecule has 1 amide bonds. The molecule has 18 heavy (non-hydrogen) atoms. The van der Waals surface area contributed by atoms with Crippen LogP contribution in [0.15, 0.2) is 0 Å². The van der Waals surface area contributed by atoms with Gasteiger partial charge < -0.3 is 15.8 Å². The van der Waals surface area contributed by atoms with Crippen LogP contribution in [-0.4, -0.2) is 56.2 Å². The average molecular weight is 257 g/mol. The summed E-state index contributed by atoms with van der Waals surface area (Å²) in [7, 11) is 3.65. The molecule has 0 spiro atoms. The monoisotopic (exact) mass is 257 g/mol. The third-order valence-corrected chi connectivity index (χ3v) is 3.58. The first-order valence-electron chi connectivity index (χ1n) is 6.77. The van der Waals surface area contributed by atoms with E-state index in [2.05, 4.69) is 10.2 Å². The molecule has 5 nitrogen and oxygen atoms in total. The standard InChI is InChI=1S/C13H27N3O2/c1-10(9-18-3)15-13(17)8-16(2)12-6-4-11(14)5-7-12/h10-12H,4-9,14H2,1-3H3,(H,15,17). The van der Waals surface area contributed by atoms with Crippen LogP contribution in [0.2, 0.25) is 0 Å². The van der Waals surface area contributed by atoms with Gasteiger partial charge in [0.05, 0.1) is 13.2 Å². The summed E-state index contributed by atoms with van der Waals surface area (Å²) < 4.78 is 5.00. The van der Waals surface area contributed by atoms with Gasteiger partial charge in [0.25, 0.3) is 0 Å². The minimum Gasteiger partial charge on any atom is -0.383 e. The van der Waals surface area contributed by atoms with E-state index in [0.29, 0.717) is 25.2 Å². The Morgan fingerprint density at radius 1 is 1.44 bits per heavy atom. The molecule has 0 radical (unpaired) electrons. The summed E-state index contributed by atoms with van der Waals surface area (Å²) in [6.07, 6.45) is 4.32. The zero-order chi connectivity index (χ0) is 13.5. The summed E-state index contributed by atoms with van der Waals surface area (Å²) in [5.41, 5.74) is 5.89. The van der Waals surface area contributed by atoms with Crippen molar-refractivity contribution in [3.63, 3.8) is 0 Å². The molecule has 0 bridgehead atoms. The van der Waals surface area contributed by atoms with Crippen molar-refractivity contribution in [3.8, 4) is 0 Å². The molecule has 1 fully saturated rings. The van der Waals surface area contributed by atoms with Crippen LogP contribution in [-0.2, 0) is 9.53 Å². The van der Waals surface area contributed by atoms with Gasteiger partial charge in [-0.15, -0.1) is 0 Å². The van der Waals surface area contributed by atoms with Crippen LogP contribution in [0.5, 0.6) is 0 Å². The van der Waals surface area contributed by atoms with Gasteiger partial charge in [-0.3, -0.25) is 9.69 Å². The van der Waals surface area contributed by atoms with Crippen LogP contribution in [0.3, 0.4) is 0 Å². The van der Waals surface area contributed by atoms with Crippen LogP contribution in [0, 0.1) is 0 Å². The Balaban J connectivity index is 2.26. The molecule has 1 aliphatic carbocycles. The molecule has 106 valence electrons. The summed E-state index contributed by atoms with van der Waals surface area (Å²) in [5.74, 6) is 0.0666. The van der Waals surface area contributed by atoms with Crippen molar-refractivity contribution in [1.29, 1.82) is 0 Å². The van der Waals surface area contributed by atoms with E-state index in [1.165, 1.54) is 0 Å². The summed E-state index contributed by atoms with van der Waals surface area (Å²) >= 11 is 0. The number of hydrogen-bond donors (Lipinski definition) is 2. The molecule has 0 saturated heterocycles. The van der Waals surface area contributed by atoms with Gasteiger partial charge in [0.1, 0.15) is 0 Å². The zero-order valence-electron chi connectivity index (χ0n) is 11.8. The normalized spacial score (nSPS) is 26.1. The Morgan fingerprint density at radius 3 is 2.61 bits per heavy atom. The second-order valence-electron chi connectivity index (χ2n) is 5.41. The van der Waals surface area contributed by atoms with Crippen molar-refractivity contribution >= 4 is 5.91 Å². The fraction of sp³-hybridized carbons (Fsp3) is 0.923. The summed E-state index contributed by atoms with van der Waals surface area (Å²) in [6, 6.07) is 0.911. The maximum absolute atomic E-state index is 11.8. The van der Waals surface area contributed by atoms with Crippen molar-refractivity contribution in [2.24, 2.45) is 5.73 Å². The molecule has 0 heterocycles. The van der Waals surface area contributed by atoms with Gasteiger partial charge in [-0.1, -0.05) is 0 Å². The van der Waals surface area contributed by atoms with Crippen molar-refractivity contribution in [1.82, 2.24) is 10.2 Å². The zero-order valence-corrected chi connectivity index (χ0v) is 11.8. The number of ether oxygens (including phenoxy) is 1.